The number of aryl methyl sites for hydroxylation is 1. The first-order valence-corrected chi connectivity index (χ1v) is 6.05. The maximum Gasteiger partial charge on any atom is 0.255 e. The molecule has 0 saturated carbocycles. The maximum absolute atomic E-state index is 12.1. The van der Waals surface area contributed by atoms with E-state index in [-0.39, 0.29) is 11.7 Å². The highest BCUT2D eigenvalue weighted by molar-refractivity contribution is 6.05. The van der Waals surface area contributed by atoms with E-state index in [4.69, 9.17) is 10.5 Å². The van der Waals surface area contributed by atoms with Gasteiger partial charge in [-0.25, -0.2) is 0 Å². The van der Waals surface area contributed by atoms with Gasteiger partial charge >= 0.3 is 0 Å². The number of rotatable bonds is 3. The third kappa shape index (κ3) is 2.83. The SMILES string of the molecule is COc1ccc(C(=O)Nc2cc(N)ccc2C)cc1O. The van der Waals surface area contributed by atoms with Crippen LogP contribution in [0.3, 0.4) is 0 Å². The van der Waals surface area contributed by atoms with Crippen molar-refractivity contribution >= 4 is 17.3 Å². The fourth-order valence-electron chi connectivity index (χ4n) is 1.80. The second-order valence-electron chi connectivity index (χ2n) is 4.42. The van der Waals surface area contributed by atoms with Crippen molar-refractivity contribution < 1.29 is 14.6 Å². The number of anilines is 2. The fourth-order valence-corrected chi connectivity index (χ4v) is 1.80. The molecule has 0 aromatic heterocycles. The number of phenolic OH excluding ortho intramolecular Hbond substituents is 1. The number of nitrogen functional groups attached to an aromatic ring is 1. The Labute approximate surface area is 117 Å². The average molecular weight is 272 g/mol. The molecule has 2 aromatic rings. The Balaban J connectivity index is 2.24. The Hall–Kier alpha value is -2.69. The Morgan fingerprint density at radius 1 is 1.25 bits per heavy atom. The maximum atomic E-state index is 12.1. The summed E-state index contributed by atoms with van der Waals surface area (Å²) in [6, 6.07) is 9.76. The number of amides is 1. The van der Waals surface area contributed by atoms with Crippen molar-refractivity contribution in [2.45, 2.75) is 6.92 Å². The number of carbonyl (C=O) groups is 1. The molecule has 0 atom stereocenters. The molecule has 0 fully saturated rings. The van der Waals surface area contributed by atoms with Crippen LogP contribution in [0.2, 0.25) is 0 Å². The lowest BCUT2D eigenvalue weighted by Crippen LogP contribution is -2.13. The summed E-state index contributed by atoms with van der Waals surface area (Å²) < 4.78 is 4.93. The number of nitrogens with two attached hydrogens (primary N) is 1. The van der Waals surface area contributed by atoms with Crippen molar-refractivity contribution in [3.8, 4) is 11.5 Å². The van der Waals surface area contributed by atoms with E-state index in [1.54, 1.807) is 18.2 Å². The van der Waals surface area contributed by atoms with Crippen molar-refractivity contribution in [2.75, 3.05) is 18.2 Å². The van der Waals surface area contributed by atoms with Crippen LogP contribution >= 0.6 is 0 Å². The molecule has 20 heavy (non-hydrogen) atoms. The minimum Gasteiger partial charge on any atom is -0.504 e. The molecule has 1 amide bonds. The number of carbonyl (C=O) groups excluding carboxylic acids is 1. The highest BCUT2D eigenvalue weighted by Crippen LogP contribution is 2.27. The molecule has 2 aromatic carbocycles. The van der Waals surface area contributed by atoms with Crippen LogP contribution in [0.1, 0.15) is 15.9 Å². The zero-order valence-electron chi connectivity index (χ0n) is 11.3. The summed E-state index contributed by atoms with van der Waals surface area (Å²) in [5.74, 6) is -0.0808. The number of aromatic hydroxyl groups is 1. The summed E-state index contributed by atoms with van der Waals surface area (Å²) in [4.78, 5) is 12.1. The first-order chi connectivity index (χ1) is 9.51. The van der Waals surface area contributed by atoms with Crippen LogP contribution in [0.5, 0.6) is 11.5 Å². The van der Waals surface area contributed by atoms with Crippen LogP contribution in [0.15, 0.2) is 36.4 Å². The molecule has 5 heteroatoms. The van der Waals surface area contributed by atoms with Gasteiger partial charge < -0.3 is 20.9 Å². The van der Waals surface area contributed by atoms with Crippen LogP contribution < -0.4 is 15.8 Å². The molecule has 0 saturated heterocycles. The number of hydrogen-bond donors (Lipinski definition) is 3. The summed E-state index contributed by atoms with van der Waals surface area (Å²) in [7, 11) is 1.45. The highest BCUT2D eigenvalue weighted by atomic mass is 16.5. The van der Waals surface area contributed by atoms with Gasteiger partial charge in [-0.1, -0.05) is 6.07 Å². The van der Waals surface area contributed by atoms with E-state index in [1.807, 2.05) is 13.0 Å². The molecule has 0 radical (unpaired) electrons. The van der Waals surface area contributed by atoms with Gasteiger partial charge in [0.2, 0.25) is 0 Å². The lowest BCUT2D eigenvalue weighted by Gasteiger charge is -2.10. The number of benzene rings is 2. The third-order valence-electron chi connectivity index (χ3n) is 2.95. The van der Waals surface area contributed by atoms with Crippen molar-refractivity contribution in [3.05, 3.63) is 47.5 Å². The summed E-state index contributed by atoms with van der Waals surface area (Å²) in [6.07, 6.45) is 0. The van der Waals surface area contributed by atoms with Gasteiger partial charge in [0.25, 0.3) is 5.91 Å². The van der Waals surface area contributed by atoms with Gasteiger partial charge in [0.1, 0.15) is 0 Å². The molecule has 0 unspecified atom stereocenters. The minimum atomic E-state index is -0.323. The third-order valence-corrected chi connectivity index (χ3v) is 2.95. The topological polar surface area (TPSA) is 84.6 Å². The number of phenols is 1. The van der Waals surface area contributed by atoms with Crippen LogP contribution in [-0.2, 0) is 0 Å². The second kappa shape index (κ2) is 5.52. The summed E-state index contributed by atoms with van der Waals surface area (Å²) >= 11 is 0. The van der Waals surface area contributed by atoms with Crippen molar-refractivity contribution in [1.82, 2.24) is 0 Å². The number of hydrogen-bond acceptors (Lipinski definition) is 4. The molecule has 0 bridgehead atoms. The predicted octanol–water partition coefficient (Wildman–Crippen LogP) is 2.54. The second-order valence-corrected chi connectivity index (χ2v) is 4.42. The zero-order chi connectivity index (χ0) is 14.7. The smallest absolute Gasteiger partial charge is 0.255 e. The lowest BCUT2D eigenvalue weighted by molar-refractivity contribution is 0.102. The fraction of sp³-hybridized carbons (Fsp3) is 0.133. The first-order valence-electron chi connectivity index (χ1n) is 6.05. The number of methoxy groups -OCH3 is 1. The molecule has 0 aliphatic carbocycles. The molecule has 0 spiro atoms. The van der Waals surface area contributed by atoms with Gasteiger partial charge in [0.05, 0.1) is 7.11 Å². The largest absolute Gasteiger partial charge is 0.504 e. The molecule has 4 N–H and O–H groups in total. The van der Waals surface area contributed by atoms with Gasteiger partial charge in [-0.05, 0) is 42.8 Å². The molecular formula is C15H16N2O3. The van der Waals surface area contributed by atoms with Gasteiger partial charge in [-0.3, -0.25) is 4.79 Å². The van der Waals surface area contributed by atoms with Gasteiger partial charge in [-0.15, -0.1) is 0 Å². The standard InChI is InChI=1S/C15H16N2O3/c1-9-3-5-11(16)8-12(9)17-15(19)10-4-6-14(20-2)13(18)7-10/h3-8,18H,16H2,1-2H3,(H,17,19). The molecule has 104 valence electrons. The summed E-state index contributed by atoms with van der Waals surface area (Å²) in [5.41, 5.74) is 8.16. The molecule has 5 nitrogen and oxygen atoms in total. The van der Waals surface area contributed by atoms with Crippen LogP contribution in [-0.4, -0.2) is 18.1 Å². The molecule has 0 heterocycles. The summed E-state index contributed by atoms with van der Waals surface area (Å²) in [5, 5.41) is 12.4. The van der Waals surface area contributed by atoms with E-state index in [1.165, 1.54) is 19.2 Å². The first kappa shape index (κ1) is 13.7. The lowest BCUT2D eigenvalue weighted by atomic mass is 10.1. The number of ether oxygens (including phenoxy) is 1. The van der Waals surface area contributed by atoms with Gasteiger partial charge in [0.15, 0.2) is 11.5 Å². The van der Waals surface area contributed by atoms with Crippen molar-refractivity contribution in [1.29, 1.82) is 0 Å². The van der Waals surface area contributed by atoms with Gasteiger partial charge in [-0.2, -0.15) is 0 Å². The van der Waals surface area contributed by atoms with Crippen molar-refractivity contribution in [3.63, 3.8) is 0 Å². The molecule has 0 aliphatic heterocycles. The van der Waals surface area contributed by atoms with Crippen molar-refractivity contribution in [2.24, 2.45) is 0 Å². The van der Waals surface area contributed by atoms with Gasteiger partial charge in [0, 0.05) is 16.9 Å². The Morgan fingerprint density at radius 3 is 2.65 bits per heavy atom. The average Bonchev–Trinajstić information content (AvgIpc) is 2.42. The number of nitrogens with one attached hydrogen (secondary N) is 1. The Morgan fingerprint density at radius 2 is 2.00 bits per heavy atom. The Kier molecular flexibility index (Phi) is 3.79. The van der Waals surface area contributed by atoms with Crippen LogP contribution in [0, 0.1) is 6.92 Å². The van der Waals surface area contributed by atoms with E-state index in [0.717, 1.165) is 5.56 Å². The highest BCUT2D eigenvalue weighted by Gasteiger charge is 2.11. The van der Waals surface area contributed by atoms with E-state index in [2.05, 4.69) is 5.32 Å². The van der Waals surface area contributed by atoms with Crippen LogP contribution in [0.25, 0.3) is 0 Å². The molecule has 2 rings (SSSR count). The zero-order valence-corrected chi connectivity index (χ0v) is 11.3. The van der Waals surface area contributed by atoms with E-state index in [9.17, 15) is 9.90 Å². The molecular weight excluding hydrogens is 256 g/mol. The predicted molar refractivity (Wildman–Crippen MR) is 78.2 cm³/mol. The monoisotopic (exact) mass is 272 g/mol. The van der Waals surface area contributed by atoms with E-state index < -0.39 is 0 Å². The summed E-state index contributed by atoms with van der Waals surface area (Å²) in [6.45, 7) is 1.88. The molecule has 0 aliphatic rings. The van der Waals surface area contributed by atoms with E-state index in [0.29, 0.717) is 22.7 Å². The normalized spacial score (nSPS) is 10.1. The van der Waals surface area contributed by atoms with E-state index >= 15 is 0 Å². The quantitative estimate of drug-likeness (QED) is 0.750. The minimum absolute atomic E-state index is 0.0792. The Bertz CT molecular complexity index is 654. The van der Waals surface area contributed by atoms with Crippen LogP contribution in [0.4, 0.5) is 11.4 Å².